The molecule has 2 bridgehead atoms. The zero-order valence-electron chi connectivity index (χ0n) is 22.5. The summed E-state index contributed by atoms with van der Waals surface area (Å²) in [6.07, 6.45) is 6.39. The largest absolute Gasteiger partial charge is 0.271 e. The fourth-order valence-corrected chi connectivity index (χ4v) is 10.7. The summed E-state index contributed by atoms with van der Waals surface area (Å²) >= 11 is 0. The van der Waals surface area contributed by atoms with Gasteiger partial charge in [0, 0.05) is 22.5 Å². The lowest BCUT2D eigenvalue weighted by molar-refractivity contribution is -0.131. The Morgan fingerprint density at radius 3 is 2.21 bits per heavy atom. The lowest BCUT2D eigenvalue weighted by atomic mass is 9.69. The number of rotatable bonds is 5. The van der Waals surface area contributed by atoms with Gasteiger partial charge >= 0.3 is 0 Å². The van der Waals surface area contributed by atoms with E-state index in [4.69, 9.17) is 4.99 Å². The number of sulfonamides is 1. The third-order valence-electron chi connectivity index (χ3n) is 10.4. The van der Waals surface area contributed by atoms with E-state index in [1.165, 1.54) is 4.31 Å². The third-order valence-corrected chi connectivity index (χ3v) is 12.3. The first kappa shape index (κ1) is 25.5. The van der Waals surface area contributed by atoms with Crippen molar-refractivity contribution in [1.82, 2.24) is 4.31 Å². The van der Waals surface area contributed by atoms with Gasteiger partial charge in [0.2, 0.25) is 10.0 Å². The second-order valence-corrected chi connectivity index (χ2v) is 14.3. The Labute approximate surface area is 227 Å². The molecule has 1 spiro atoms. The Bertz CT molecular complexity index is 1340. The van der Waals surface area contributed by atoms with Crippen molar-refractivity contribution in [3.8, 4) is 0 Å². The monoisotopic (exact) mass is 530 g/mol. The highest BCUT2D eigenvalue weighted by molar-refractivity contribution is 7.90. The standard InChI is InChI=1S/C32H38N2O3S/c1-22-12-10-11-17-26(22)29(33-28(23-13-6-4-7-14-23)24-15-8-5-9-16-24)30(35)34-27-20-25-18-19-32(27,31(25,2)3)21-38(34,36)37/h4-9,13-16,25-27,29H,1,10-12,17-21H2,2-3H3/t25-,26?,27+,29+,32-/m1/s1. The fraction of sp³-hybridized carbons (Fsp3) is 0.500. The predicted molar refractivity (Wildman–Crippen MR) is 151 cm³/mol. The first-order chi connectivity index (χ1) is 18.2. The molecule has 4 aliphatic rings. The molecule has 6 heteroatoms. The number of amides is 1. The molecular formula is C32H38N2O3S. The number of carbonyl (C=O) groups excluding carboxylic acids is 1. The zero-order valence-corrected chi connectivity index (χ0v) is 23.3. The Balaban J connectivity index is 1.48. The Kier molecular flexibility index (Phi) is 6.17. The maximum Gasteiger partial charge on any atom is 0.261 e. The van der Waals surface area contributed by atoms with Crippen molar-refractivity contribution in [2.75, 3.05) is 5.75 Å². The normalized spacial score (nSPS) is 31.6. The predicted octanol–water partition coefficient (Wildman–Crippen LogP) is 6.01. The number of carbonyl (C=O) groups is 1. The van der Waals surface area contributed by atoms with Crippen LogP contribution in [0.4, 0.5) is 0 Å². The summed E-state index contributed by atoms with van der Waals surface area (Å²) in [7, 11) is -3.74. The summed E-state index contributed by atoms with van der Waals surface area (Å²) in [5.74, 6) is 0.00498. The molecule has 4 fully saturated rings. The molecule has 3 aliphatic carbocycles. The summed E-state index contributed by atoms with van der Waals surface area (Å²) in [5.41, 5.74) is 3.12. The van der Waals surface area contributed by atoms with Crippen LogP contribution in [0.25, 0.3) is 0 Å². The SMILES string of the molecule is C=C1CCCCC1[C@H](N=C(c1ccccc1)c1ccccc1)C(=O)N1[C@H]2C[C@H]3CC[C@]2(CS1(=O)=O)C3(C)C. The smallest absolute Gasteiger partial charge is 0.261 e. The highest BCUT2D eigenvalue weighted by Crippen LogP contribution is 2.70. The number of fused-ring (bicyclic) bond motifs is 1. The second-order valence-electron chi connectivity index (χ2n) is 12.4. The van der Waals surface area contributed by atoms with Crippen LogP contribution in [0.1, 0.15) is 69.9 Å². The van der Waals surface area contributed by atoms with Gasteiger partial charge in [-0.05, 0) is 49.9 Å². The highest BCUT2D eigenvalue weighted by atomic mass is 32.2. The van der Waals surface area contributed by atoms with E-state index in [9.17, 15) is 13.2 Å². The van der Waals surface area contributed by atoms with Crippen LogP contribution in [0.15, 0.2) is 77.8 Å². The Hall–Kier alpha value is -2.73. The van der Waals surface area contributed by atoms with Gasteiger partial charge in [0.15, 0.2) is 0 Å². The minimum Gasteiger partial charge on any atom is -0.271 e. The fourth-order valence-electron chi connectivity index (χ4n) is 8.16. The van der Waals surface area contributed by atoms with Gasteiger partial charge in [-0.15, -0.1) is 0 Å². The zero-order chi connectivity index (χ0) is 26.7. The van der Waals surface area contributed by atoms with Gasteiger partial charge < -0.3 is 0 Å². The van der Waals surface area contributed by atoms with E-state index in [0.29, 0.717) is 5.92 Å². The molecule has 3 saturated carbocycles. The van der Waals surface area contributed by atoms with Gasteiger partial charge in [-0.3, -0.25) is 9.79 Å². The van der Waals surface area contributed by atoms with Crippen LogP contribution in [0.2, 0.25) is 0 Å². The van der Waals surface area contributed by atoms with Crippen LogP contribution in [0.5, 0.6) is 0 Å². The molecule has 2 aromatic rings. The number of benzene rings is 2. The molecule has 2 aromatic carbocycles. The van der Waals surface area contributed by atoms with Crippen molar-refractivity contribution in [2.45, 2.75) is 70.9 Å². The van der Waals surface area contributed by atoms with Crippen LogP contribution in [-0.4, -0.2) is 42.2 Å². The number of hydrogen-bond donors (Lipinski definition) is 0. The van der Waals surface area contributed by atoms with Crippen LogP contribution in [0.3, 0.4) is 0 Å². The quantitative estimate of drug-likeness (QED) is 0.351. The minimum atomic E-state index is -3.74. The molecule has 5 atom stereocenters. The first-order valence-electron chi connectivity index (χ1n) is 14.1. The lowest BCUT2D eigenvalue weighted by Crippen LogP contribution is -2.49. The molecule has 1 amide bonds. The molecule has 0 aromatic heterocycles. The van der Waals surface area contributed by atoms with Gasteiger partial charge in [0.05, 0.1) is 17.5 Å². The van der Waals surface area contributed by atoms with Crippen molar-refractivity contribution in [2.24, 2.45) is 27.7 Å². The van der Waals surface area contributed by atoms with Gasteiger partial charge in [-0.2, -0.15) is 0 Å². The number of nitrogens with zero attached hydrogens (tertiary/aromatic N) is 2. The third kappa shape index (κ3) is 3.82. The average Bonchev–Trinajstić information content (AvgIpc) is 3.39. The molecule has 0 radical (unpaired) electrons. The van der Waals surface area contributed by atoms with E-state index >= 15 is 0 Å². The van der Waals surface area contributed by atoms with Crippen LogP contribution in [0, 0.1) is 22.7 Å². The molecule has 1 unspecified atom stereocenters. The molecule has 0 N–H and O–H groups in total. The molecule has 1 aliphatic heterocycles. The van der Waals surface area contributed by atoms with Crippen LogP contribution >= 0.6 is 0 Å². The summed E-state index contributed by atoms with van der Waals surface area (Å²) in [6.45, 7) is 8.79. The maximum absolute atomic E-state index is 14.6. The van der Waals surface area contributed by atoms with Crippen molar-refractivity contribution in [1.29, 1.82) is 0 Å². The van der Waals surface area contributed by atoms with Crippen molar-refractivity contribution in [3.05, 3.63) is 83.9 Å². The van der Waals surface area contributed by atoms with Crippen molar-refractivity contribution in [3.63, 3.8) is 0 Å². The van der Waals surface area contributed by atoms with E-state index in [0.717, 1.165) is 67.4 Å². The second kappa shape index (κ2) is 9.18. The van der Waals surface area contributed by atoms with E-state index in [1.807, 2.05) is 60.7 Å². The molecule has 1 saturated heterocycles. The highest BCUT2D eigenvalue weighted by Gasteiger charge is 2.72. The van der Waals surface area contributed by atoms with E-state index in [-0.39, 0.29) is 34.4 Å². The van der Waals surface area contributed by atoms with E-state index < -0.39 is 16.1 Å². The van der Waals surface area contributed by atoms with Crippen molar-refractivity contribution >= 4 is 21.6 Å². The summed E-state index contributed by atoms with van der Waals surface area (Å²) in [5, 5.41) is 0. The maximum atomic E-state index is 14.6. The summed E-state index contributed by atoms with van der Waals surface area (Å²) in [4.78, 5) is 19.8. The van der Waals surface area contributed by atoms with Gasteiger partial charge in [0.25, 0.3) is 5.91 Å². The molecule has 5 nitrogen and oxygen atoms in total. The van der Waals surface area contributed by atoms with Crippen molar-refractivity contribution < 1.29 is 13.2 Å². The summed E-state index contributed by atoms with van der Waals surface area (Å²) < 4.78 is 28.9. The summed E-state index contributed by atoms with van der Waals surface area (Å²) in [6, 6.07) is 18.7. The van der Waals surface area contributed by atoms with Crippen LogP contribution < -0.4 is 0 Å². The number of aliphatic imine (C=N–C) groups is 1. The molecule has 200 valence electrons. The molecule has 38 heavy (non-hydrogen) atoms. The van der Waals surface area contributed by atoms with Gasteiger partial charge in [0.1, 0.15) is 6.04 Å². The van der Waals surface area contributed by atoms with Gasteiger partial charge in [-0.1, -0.05) is 93.1 Å². The van der Waals surface area contributed by atoms with E-state index in [2.05, 4.69) is 20.4 Å². The average molecular weight is 531 g/mol. The van der Waals surface area contributed by atoms with Crippen LogP contribution in [-0.2, 0) is 14.8 Å². The lowest BCUT2D eigenvalue weighted by Gasteiger charge is -2.38. The minimum absolute atomic E-state index is 0.0756. The van der Waals surface area contributed by atoms with Gasteiger partial charge in [-0.25, -0.2) is 12.7 Å². The molecule has 1 heterocycles. The number of hydrogen-bond acceptors (Lipinski definition) is 4. The first-order valence-corrected chi connectivity index (χ1v) is 15.7. The van der Waals surface area contributed by atoms with E-state index in [1.54, 1.807) is 0 Å². The Morgan fingerprint density at radius 1 is 1.00 bits per heavy atom. The Morgan fingerprint density at radius 2 is 1.63 bits per heavy atom. The molecule has 6 rings (SSSR count). The molecular weight excluding hydrogens is 492 g/mol. The topological polar surface area (TPSA) is 66.8 Å².